The minimum absolute atomic E-state index is 0.0170. The summed E-state index contributed by atoms with van der Waals surface area (Å²) in [5, 5.41) is 0.742. The van der Waals surface area contributed by atoms with Crippen molar-refractivity contribution in [2.45, 2.75) is 17.7 Å². The van der Waals surface area contributed by atoms with E-state index in [2.05, 4.69) is 4.98 Å². The highest BCUT2D eigenvalue weighted by Gasteiger charge is 2.37. The van der Waals surface area contributed by atoms with E-state index in [1.54, 1.807) is 47.4 Å². The molecule has 1 atom stereocenters. The van der Waals surface area contributed by atoms with E-state index in [1.165, 1.54) is 16.4 Å². The topological polar surface area (TPSA) is 96.9 Å². The number of sulfonamides is 1. The Bertz CT molecular complexity index is 1510. The van der Waals surface area contributed by atoms with Gasteiger partial charge in [-0.2, -0.15) is 0 Å². The van der Waals surface area contributed by atoms with E-state index in [-0.39, 0.29) is 56.0 Å². The van der Waals surface area contributed by atoms with Crippen molar-refractivity contribution < 1.29 is 22.7 Å². The van der Waals surface area contributed by atoms with Gasteiger partial charge in [0.15, 0.2) is 5.78 Å². The number of hydrogen-bond acceptors (Lipinski definition) is 6. The Labute approximate surface area is 235 Å². The molecule has 0 bridgehead atoms. The standard InChI is InChI=1S/C26H22Cl3N3O5S/c27-18-3-1-4-20(12-18)38(35,36)32-15-16(14-31-9-10-37-26(31)34)11-17-7-8-19(30-25(17)32)13-23(33)24-21(28)5-2-6-22(24)29/h1-8,12,16H,9-11,13-15H2. The van der Waals surface area contributed by atoms with Gasteiger partial charge in [-0.1, -0.05) is 53.0 Å². The van der Waals surface area contributed by atoms with E-state index in [9.17, 15) is 18.0 Å². The molecule has 3 heterocycles. The number of halogens is 3. The average Bonchev–Trinajstić information content (AvgIpc) is 3.27. The molecule has 0 N–H and O–H groups in total. The number of nitrogens with zero attached hydrogens (tertiary/aromatic N) is 3. The summed E-state index contributed by atoms with van der Waals surface area (Å²) >= 11 is 18.5. The van der Waals surface area contributed by atoms with E-state index < -0.39 is 16.1 Å². The quantitative estimate of drug-likeness (QED) is 0.345. The van der Waals surface area contributed by atoms with Crippen LogP contribution in [0.25, 0.3) is 0 Å². The lowest BCUT2D eigenvalue weighted by molar-refractivity contribution is 0.0992. The second-order valence-corrected chi connectivity index (χ2v) is 12.2. The summed E-state index contributed by atoms with van der Waals surface area (Å²) in [6.07, 6.45) is -0.0337. The van der Waals surface area contributed by atoms with Crippen LogP contribution in [0, 0.1) is 5.92 Å². The maximum atomic E-state index is 13.8. The van der Waals surface area contributed by atoms with Crippen LogP contribution in [0.5, 0.6) is 0 Å². The predicted octanol–water partition coefficient (Wildman–Crippen LogP) is 5.29. The number of fused-ring (bicyclic) bond motifs is 1. The number of cyclic esters (lactones) is 1. The van der Waals surface area contributed by atoms with Gasteiger partial charge >= 0.3 is 6.09 Å². The lowest BCUT2D eigenvalue weighted by Crippen LogP contribution is -2.44. The molecule has 12 heteroatoms. The molecule has 0 spiro atoms. The van der Waals surface area contributed by atoms with Gasteiger partial charge in [0.2, 0.25) is 0 Å². The van der Waals surface area contributed by atoms with Crippen molar-refractivity contribution in [1.82, 2.24) is 9.88 Å². The first-order valence-electron chi connectivity index (χ1n) is 11.8. The molecular formula is C26H22Cl3N3O5S. The molecule has 38 heavy (non-hydrogen) atoms. The summed E-state index contributed by atoms with van der Waals surface area (Å²) in [6, 6.07) is 14.3. The molecule has 2 aliphatic rings. The van der Waals surface area contributed by atoms with Gasteiger partial charge in [0.1, 0.15) is 12.4 Å². The number of rotatable bonds is 7. The number of ketones is 1. The minimum atomic E-state index is -4.06. The highest BCUT2D eigenvalue weighted by atomic mass is 35.5. The molecule has 2 aromatic carbocycles. The van der Waals surface area contributed by atoms with Gasteiger partial charge in [-0.3, -0.25) is 4.79 Å². The number of carbonyl (C=O) groups is 2. The molecular weight excluding hydrogens is 573 g/mol. The van der Waals surface area contributed by atoms with Gasteiger partial charge in [-0.05, 0) is 54.3 Å². The zero-order chi connectivity index (χ0) is 27.0. The van der Waals surface area contributed by atoms with E-state index >= 15 is 0 Å². The summed E-state index contributed by atoms with van der Waals surface area (Å²) in [5.41, 5.74) is 1.25. The van der Waals surface area contributed by atoms with Crippen LogP contribution in [0.15, 0.2) is 59.5 Å². The van der Waals surface area contributed by atoms with Crippen molar-refractivity contribution in [3.05, 3.63) is 86.5 Å². The maximum absolute atomic E-state index is 13.8. The molecule has 1 amide bonds. The fraction of sp³-hybridized carbons (Fsp3) is 0.269. The van der Waals surface area contributed by atoms with Crippen LogP contribution in [-0.2, 0) is 27.6 Å². The molecule has 198 valence electrons. The van der Waals surface area contributed by atoms with Crippen LogP contribution in [0.1, 0.15) is 21.6 Å². The Kier molecular flexibility index (Phi) is 7.55. The number of hydrogen-bond donors (Lipinski definition) is 0. The largest absolute Gasteiger partial charge is 0.448 e. The number of carbonyl (C=O) groups excluding carboxylic acids is 2. The Morgan fingerprint density at radius 1 is 1.05 bits per heavy atom. The highest BCUT2D eigenvalue weighted by Crippen LogP contribution is 2.35. The third kappa shape index (κ3) is 5.33. The van der Waals surface area contributed by atoms with Gasteiger partial charge in [0, 0.05) is 18.1 Å². The lowest BCUT2D eigenvalue weighted by atomic mass is 9.95. The van der Waals surface area contributed by atoms with Crippen molar-refractivity contribution in [3.8, 4) is 0 Å². The van der Waals surface area contributed by atoms with Crippen molar-refractivity contribution in [2.24, 2.45) is 5.92 Å². The predicted molar refractivity (Wildman–Crippen MR) is 145 cm³/mol. The van der Waals surface area contributed by atoms with Crippen LogP contribution in [0.2, 0.25) is 15.1 Å². The first kappa shape index (κ1) is 26.7. The number of anilines is 1. The van der Waals surface area contributed by atoms with Crippen LogP contribution in [0.4, 0.5) is 10.6 Å². The Balaban J connectivity index is 1.51. The summed E-state index contributed by atoms with van der Waals surface area (Å²) in [4.78, 5) is 31.3. The summed E-state index contributed by atoms with van der Waals surface area (Å²) < 4.78 is 33.9. The van der Waals surface area contributed by atoms with E-state index in [4.69, 9.17) is 39.5 Å². The molecule has 0 saturated carbocycles. The van der Waals surface area contributed by atoms with Gasteiger partial charge in [0.05, 0.1) is 39.2 Å². The molecule has 1 saturated heterocycles. The van der Waals surface area contributed by atoms with Crippen molar-refractivity contribution in [2.75, 3.05) is 30.5 Å². The van der Waals surface area contributed by atoms with E-state index in [0.29, 0.717) is 37.4 Å². The molecule has 1 fully saturated rings. The van der Waals surface area contributed by atoms with E-state index in [0.717, 1.165) is 0 Å². The second kappa shape index (κ2) is 10.7. The Hall–Kier alpha value is -2.85. The monoisotopic (exact) mass is 593 g/mol. The van der Waals surface area contributed by atoms with Crippen LogP contribution >= 0.6 is 34.8 Å². The van der Waals surface area contributed by atoms with Gasteiger partial charge in [-0.25, -0.2) is 22.5 Å². The fourth-order valence-corrected chi connectivity index (χ4v) is 7.13. The molecule has 2 aliphatic heterocycles. The molecule has 8 nitrogen and oxygen atoms in total. The van der Waals surface area contributed by atoms with Crippen LogP contribution in [-0.4, -0.2) is 56.4 Å². The molecule has 5 rings (SSSR count). The fourth-order valence-electron chi connectivity index (χ4n) is 4.70. The zero-order valence-electron chi connectivity index (χ0n) is 19.9. The Morgan fingerprint density at radius 2 is 1.79 bits per heavy atom. The molecule has 1 unspecified atom stereocenters. The van der Waals surface area contributed by atoms with E-state index in [1.807, 2.05) is 0 Å². The summed E-state index contributed by atoms with van der Waals surface area (Å²) in [7, 11) is -4.06. The molecule has 0 radical (unpaired) electrons. The number of benzene rings is 2. The van der Waals surface area contributed by atoms with Crippen molar-refractivity contribution >= 4 is 62.5 Å². The smallest absolute Gasteiger partial charge is 0.409 e. The van der Waals surface area contributed by atoms with Crippen molar-refractivity contribution in [1.29, 1.82) is 0 Å². The average molecular weight is 595 g/mol. The molecule has 1 aromatic heterocycles. The van der Waals surface area contributed by atoms with Crippen molar-refractivity contribution in [3.63, 3.8) is 0 Å². The summed E-state index contributed by atoms with van der Waals surface area (Å²) in [6.45, 7) is 1.19. The van der Waals surface area contributed by atoms with Gasteiger partial charge in [-0.15, -0.1) is 0 Å². The minimum Gasteiger partial charge on any atom is -0.448 e. The number of amides is 1. The normalized spacial score (nSPS) is 17.3. The lowest BCUT2D eigenvalue weighted by Gasteiger charge is -2.35. The second-order valence-electron chi connectivity index (χ2n) is 9.11. The number of pyridine rings is 1. The third-order valence-corrected chi connectivity index (χ3v) is 9.09. The number of ether oxygens (including phenoxy) is 1. The first-order valence-corrected chi connectivity index (χ1v) is 14.4. The highest BCUT2D eigenvalue weighted by molar-refractivity contribution is 7.92. The third-order valence-electron chi connectivity index (χ3n) is 6.47. The molecule has 3 aromatic rings. The zero-order valence-corrected chi connectivity index (χ0v) is 23.0. The summed E-state index contributed by atoms with van der Waals surface area (Å²) in [5.74, 6) is -0.294. The van der Waals surface area contributed by atoms with Gasteiger partial charge < -0.3 is 9.64 Å². The number of aromatic nitrogens is 1. The van der Waals surface area contributed by atoms with Crippen LogP contribution in [0.3, 0.4) is 0 Å². The van der Waals surface area contributed by atoms with Gasteiger partial charge in [0.25, 0.3) is 10.0 Å². The first-order chi connectivity index (χ1) is 18.1. The SMILES string of the molecule is O=C(Cc1ccc2c(n1)N(S(=O)(=O)c1cccc(Cl)c1)CC(CN1CCOC1=O)C2)c1c(Cl)cccc1Cl. The number of Topliss-reactive ketones (excluding diaryl/α,β-unsaturated/α-hetero) is 1. The Morgan fingerprint density at radius 3 is 2.47 bits per heavy atom. The molecule has 0 aliphatic carbocycles. The maximum Gasteiger partial charge on any atom is 0.409 e. The van der Waals surface area contributed by atoms with Crippen LogP contribution < -0.4 is 4.31 Å².